The Morgan fingerprint density at radius 3 is 2.63 bits per heavy atom. The van der Waals surface area contributed by atoms with Crippen molar-refractivity contribution in [2.75, 3.05) is 14.1 Å². The molecule has 0 bridgehead atoms. The largest absolute Gasteiger partial charge is 0.345 e. The molecule has 5 nitrogen and oxygen atoms in total. The van der Waals surface area contributed by atoms with E-state index in [0.29, 0.717) is 5.56 Å². The molecule has 0 saturated carbocycles. The zero-order valence-electron chi connectivity index (χ0n) is 11.0. The van der Waals surface area contributed by atoms with Crippen molar-refractivity contribution in [1.29, 1.82) is 0 Å². The van der Waals surface area contributed by atoms with E-state index in [9.17, 15) is 14.9 Å². The van der Waals surface area contributed by atoms with E-state index in [0.717, 1.165) is 30.4 Å². The van der Waals surface area contributed by atoms with Gasteiger partial charge in [-0.05, 0) is 36.5 Å². The molecule has 100 valence electrons. The molecule has 1 aromatic carbocycles. The average molecular weight is 260 g/mol. The summed E-state index contributed by atoms with van der Waals surface area (Å²) in [7, 11) is 3.29. The first-order valence-corrected chi connectivity index (χ1v) is 6.20. The van der Waals surface area contributed by atoms with Crippen LogP contribution < -0.4 is 0 Å². The Morgan fingerprint density at radius 2 is 2.11 bits per heavy atom. The van der Waals surface area contributed by atoms with Crippen molar-refractivity contribution in [3.8, 4) is 0 Å². The molecule has 1 amide bonds. The van der Waals surface area contributed by atoms with Gasteiger partial charge in [-0.3, -0.25) is 14.9 Å². The van der Waals surface area contributed by atoms with Crippen LogP contribution in [-0.2, 0) is 0 Å². The van der Waals surface area contributed by atoms with Crippen molar-refractivity contribution < 1.29 is 9.72 Å². The fourth-order valence-electron chi connectivity index (χ4n) is 2.26. The van der Waals surface area contributed by atoms with Crippen LogP contribution in [0.1, 0.15) is 35.2 Å². The van der Waals surface area contributed by atoms with E-state index >= 15 is 0 Å². The molecule has 0 heterocycles. The van der Waals surface area contributed by atoms with Gasteiger partial charge in [-0.15, -0.1) is 0 Å². The van der Waals surface area contributed by atoms with Gasteiger partial charge >= 0.3 is 0 Å². The summed E-state index contributed by atoms with van der Waals surface area (Å²) in [5.74, 6) is -0.202. The number of amides is 1. The summed E-state index contributed by atoms with van der Waals surface area (Å²) in [5, 5.41) is 10.8. The Balaban J connectivity index is 2.53. The van der Waals surface area contributed by atoms with Crippen LogP contribution in [0.3, 0.4) is 0 Å². The molecular weight excluding hydrogens is 244 g/mol. The first-order chi connectivity index (χ1) is 9.00. The third-order valence-electron chi connectivity index (χ3n) is 3.24. The molecule has 0 saturated heterocycles. The second-order valence-electron chi connectivity index (χ2n) is 4.81. The van der Waals surface area contributed by atoms with Gasteiger partial charge in [0.1, 0.15) is 0 Å². The zero-order valence-corrected chi connectivity index (χ0v) is 11.0. The highest BCUT2D eigenvalue weighted by molar-refractivity contribution is 5.99. The lowest BCUT2D eigenvalue weighted by Gasteiger charge is -2.14. The summed E-state index contributed by atoms with van der Waals surface area (Å²) in [6.45, 7) is 0. The number of carbonyl (C=O) groups is 1. The van der Waals surface area contributed by atoms with Gasteiger partial charge in [-0.2, -0.15) is 0 Å². The monoisotopic (exact) mass is 260 g/mol. The van der Waals surface area contributed by atoms with Gasteiger partial charge < -0.3 is 4.90 Å². The predicted molar refractivity (Wildman–Crippen MR) is 72.9 cm³/mol. The summed E-state index contributed by atoms with van der Waals surface area (Å²) < 4.78 is 0. The van der Waals surface area contributed by atoms with Crippen LogP contribution in [0.4, 0.5) is 5.69 Å². The van der Waals surface area contributed by atoms with Gasteiger partial charge in [0, 0.05) is 26.2 Å². The molecule has 19 heavy (non-hydrogen) atoms. The summed E-state index contributed by atoms with van der Waals surface area (Å²) in [4.78, 5) is 24.0. The van der Waals surface area contributed by atoms with Gasteiger partial charge in [0.15, 0.2) is 0 Å². The molecule has 2 rings (SSSR count). The topological polar surface area (TPSA) is 63.5 Å². The molecule has 1 aliphatic rings. The van der Waals surface area contributed by atoms with Crippen LogP contribution in [0, 0.1) is 10.1 Å². The van der Waals surface area contributed by atoms with Crippen LogP contribution in [0.15, 0.2) is 24.3 Å². The van der Waals surface area contributed by atoms with Crippen molar-refractivity contribution in [3.05, 3.63) is 45.5 Å². The second-order valence-corrected chi connectivity index (χ2v) is 4.81. The fraction of sp³-hybridized carbons (Fsp3) is 0.357. The molecule has 0 atom stereocenters. The van der Waals surface area contributed by atoms with Crippen LogP contribution >= 0.6 is 0 Å². The van der Waals surface area contributed by atoms with E-state index in [2.05, 4.69) is 6.08 Å². The molecule has 5 heteroatoms. The highest BCUT2D eigenvalue weighted by atomic mass is 16.6. The van der Waals surface area contributed by atoms with Crippen molar-refractivity contribution in [2.24, 2.45) is 0 Å². The number of nitrogens with zero attached hydrogens (tertiary/aromatic N) is 2. The molecular formula is C14H16N2O3. The summed E-state index contributed by atoms with van der Waals surface area (Å²) in [6.07, 6.45) is 5.10. The highest BCUT2D eigenvalue weighted by Crippen LogP contribution is 2.32. The predicted octanol–water partition coefficient (Wildman–Crippen LogP) is 2.86. The Morgan fingerprint density at radius 1 is 1.37 bits per heavy atom. The number of nitro benzene ring substituents is 1. The third kappa shape index (κ3) is 2.65. The quantitative estimate of drug-likeness (QED) is 0.620. The average Bonchev–Trinajstić information content (AvgIpc) is 2.90. The van der Waals surface area contributed by atoms with Gasteiger partial charge in [0.25, 0.3) is 11.6 Å². The number of rotatable bonds is 3. The Labute approximate surface area is 111 Å². The van der Waals surface area contributed by atoms with Crippen LogP contribution in [-0.4, -0.2) is 29.8 Å². The third-order valence-corrected chi connectivity index (χ3v) is 3.24. The minimum absolute atomic E-state index is 0.0486. The first-order valence-electron chi connectivity index (χ1n) is 6.20. The zero-order chi connectivity index (χ0) is 14.0. The number of benzene rings is 1. The Kier molecular flexibility index (Phi) is 3.64. The molecule has 0 N–H and O–H groups in total. The Hall–Kier alpha value is -2.17. The number of nitro groups is 1. The lowest BCUT2D eigenvalue weighted by molar-refractivity contribution is -0.384. The Bertz CT molecular complexity index is 562. The van der Waals surface area contributed by atoms with Crippen LogP contribution in [0.2, 0.25) is 0 Å². The van der Waals surface area contributed by atoms with Gasteiger partial charge in [-0.25, -0.2) is 0 Å². The normalized spacial score (nSPS) is 14.1. The molecule has 0 unspecified atom stereocenters. The van der Waals surface area contributed by atoms with Crippen molar-refractivity contribution in [3.63, 3.8) is 0 Å². The number of hydrogen-bond donors (Lipinski definition) is 0. The van der Waals surface area contributed by atoms with E-state index in [1.807, 2.05) is 0 Å². The molecule has 0 fully saturated rings. The molecule has 0 spiro atoms. The van der Waals surface area contributed by atoms with Crippen LogP contribution in [0.5, 0.6) is 0 Å². The summed E-state index contributed by atoms with van der Waals surface area (Å²) in [5.41, 5.74) is 2.29. The SMILES string of the molecule is CN(C)C(=O)c1cc([N+](=O)[O-])ccc1C1=CCCC1. The summed E-state index contributed by atoms with van der Waals surface area (Å²) in [6, 6.07) is 4.52. The van der Waals surface area contributed by atoms with E-state index < -0.39 is 4.92 Å². The van der Waals surface area contributed by atoms with E-state index in [1.54, 1.807) is 20.2 Å². The number of carbonyl (C=O) groups excluding carboxylic acids is 1. The van der Waals surface area contributed by atoms with Gasteiger partial charge in [-0.1, -0.05) is 6.08 Å². The van der Waals surface area contributed by atoms with E-state index in [4.69, 9.17) is 0 Å². The minimum Gasteiger partial charge on any atom is -0.345 e. The minimum atomic E-state index is -0.473. The molecule has 1 aromatic rings. The van der Waals surface area contributed by atoms with Crippen molar-refractivity contribution in [1.82, 2.24) is 4.90 Å². The number of allylic oxidation sites excluding steroid dienone is 2. The second kappa shape index (κ2) is 5.22. The first kappa shape index (κ1) is 13.3. The smallest absolute Gasteiger partial charge is 0.270 e. The van der Waals surface area contributed by atoms with Crippen molar-refractivity contribution >= 4 is 17.2 Å². The number of hydrogen-bond acceptors (Lipinski definition) is 3. The molecule has 0 radical (unpaired) electrons. The van der Waals surface area contributed by atoms with Gasteiger partial charge in [0.2, 0.25) is 0 Å². The maximum atomic E-state index is 12.2. The lowest BCUT2D eigenvalue weighted by Crippen LogP contribution is -2.23. The molecule has 0 aromatic heterocycles. The molecule has 0 aliphatic heterocycles. The number of non-ortho nitro benzene ring substituents is 1. The maximum Gasteiger partial charge on any atom is 0.270 e. The van der Waals surface area contributed by atoms with E-state index in [1.165, 1.54) is 17.0 Å². The standard InChI is InChI=1S/C14H16N2O3/c1-15(2)14(17)13-9-11(16(18)19)7-8-12(13)10-5-3-4-6-10/h5,7-9H,3-4,6H2,1-2H3. The highest BCUT2D eigenvalue weighted by Gasteiger charge is 2.21. The fourth-order valence-corrected chi connectivity index (χ4v) is 2.26. The lowest BCUT2D eigenvalue weighted by atomic mass is 9.97. The van der Waals surface area contributed by atoms with E-state index in [-0.39, 0.29) is 11.6 Å². The van der Waals surface area contributed by atoms with Crippen LogP contribution in [0.25, 0.3) is 5.57 Å². The molecule has 1 aliphatic carbocycles. The van der Waals surface area contributed by atoms with Gasteiger partial charge in [0.05, 0.1) is 10.5 Å². The maximum absolute atomic E-state index is 12.2. The summed E-state index contributed by atoms with van der Waals surface area (Å²) >= 11 is 0. The van der Waals surface area contributed by atoms with Crippen molar-refractivity contribution in [2.45, 2.75) is 19.3 Å².